The maximum absolute atomic E-state index is 13.5. The second kappa shape index (κ2) is 5.84. The number of halogens is 4. The molecule has 0 spiro atoms. The number of hydrogen-bond acceptors (Lipinski definition) is 2. The van der Waals surface area contributed by atoms with E-state index in [0.29, 0.717) is 12.8 Å². The van der Waals surface area contributed by atoms with Gasteiger partial charge < -0.3 is 4.74 Å². The summed E-state index contributed by atoms with van der Waals surface area (Å²) in [5.41, 5.74) is -0.664. The predicted molar refractivity (Wildman–Crippen MR) is 56.2 cm³/mol. The summed E-state index contributed by atoms with van der Waals surface area (Å²) in [6, 6.07) is 0. The van der Waals surface area contributed by atoms with E-state index in [-0.39, 0.29) is 6.42 Å². The molecule has 0 aromatic heterocycles. The van der Waals surface area contributed by atoms with Crippen LogP contribution in [0.1, 0.15) is 32.3 Å². The minimum absolute atomic E-state index is 0.123. The van der Waals surface area contributed by atoms with Crippen molar-refractivity contribution in [2.45, 2.75) is 33.1 Å². The maximum atomic E-state index is 13.5. The van der Waals surface area contributed by atoms with Gasteiger partial charge in [-0.25, -0.2) is 8.78 Å². The lowest BCUT2D eigenvalue weighted by Crippen LogP contribution is -2.11. The quantitative estimate of drug-likeness (QED) is 0.360. The van der Waals surface area contributed by atoms with Gasteiger partial charge in [-0.05, 0) is 12.8 Å². The molecule has 0 saturated carbocycles. The van der Waals surface area contributed by atoms with E-state index in [0.717, 1.165) is 6.92 Å². The first-order valence-corrected chi connectivity index (χ1v) is 5.43. The number of rotatable bonds is 4. The third kappa shape index (κ3) is 2.80. The molecule has 0 saturated heterocycles. The topological polar surface area (TPSA) is 26.3 Å². The average Bonchev–Trinajstić information content (AvgIpc) is 2.32. The summed E-state index contributed by atoms with van der Waals surface area (Å²) in [5, 5.41) is 0. The largest absolute Gasteiger partial charge is 0.420 e. The fraction of sp³-hybridized carbons (Fsp3) is 0.417. The van der Waals surface area contributed by atoms with Gasteiger partial charge in [0, 0.05) is 12.5 Å². The van der Waals surface area contributed by atoms with Crippen LogP contribution in [0.4, 0.5) is 17.6 Å². The Balaban J connectivity index is 3.31. The van der Waals surface area contributed by atoms with Crippen LogP contribution in [0.15, 0.2) is 0 Å². The summed E-state index contributed by atoms with van der Waals surface area (Å²) < 4.78 is 58.0. The van der Waals surface area contributed by atoms with Crippen molar-refractivity contribution in [1.29, 1.82) is 0 Å². The predicted octanol–water partition coefficient (Wildman–Crippen LogP) is 3.51. The molecule has 0 unspecified atom stereocenters. The van der Waals surface area contributed by atoms with Gasteiger partial charge in [-0.15, -0.1) is 0 Å². The van der Waals surface area contributed by atoms with Crippen molar-refractivity contribution in [1.82, 2.24) is 0 Å². The molecule has 0 heterocycles. The number of esters is 1. The number of carbonyl (C=O) groups is 1. The maximum Gasteiger partial charge on any atom is 0.308 e. The molecule has 0 aliphatic carbocycles. The third-order valence-electron chi connectivity index (χ3n) is 2.34. The lowest BCUT2D eigenvalue weighted by molar-refractivity contribution is -0.132. The molecule has 1 aromatic carbocycles. The molecule has 0 aliphatic heterocycles. The van der Waals surface area contributed by atoms with E-state index < -0.39 is 40.6 Å². The Morgan fingerprint density at radius 1 is 1.06 bits per heavy atom. The summed E-state index contributed by atoms with van der Waals surface area (Å²) in [6.07, 6.45) is 0.885. The summed E-state index contributed by atoms with van der Waals surface area (Å²) in [7, 11) is 0. The van der Waals surface area contributed by atoms with Crippen LogP contribution in [0, 0.1) is 23.3 Å². The van der Waals surface area contributed by atoms with Gasteiger partial charge in [0.2, 0.25) is 17.4 Å². The molecule has 1 rings (SSSR count). The lowest BCUT2D eigenvalue weighted by Gasteiger charge is -2.10. The van der Waals surface area contributed by atoms with Crippen LogP contribution < -0.4 is 4.74 Å². The fourth-order valence-corrected chi connectivity index (χ4v) is 1.46. The van der Waals surface area contributed by atoms with Crippen molar-refractivity contribution in [3.05, 3.63) is 28.8 Å². The van der Waals surface area contributed by atoms with Crippen LogP contribution in [0.2, 0.25) is 0 Å². The summed E-state index contributed by atoms with van der Waals surface area (Å²) in [6.45, 7) is 2.65. The zero-order chi connectivity index (χ0) is 13.9. The van der Waals surface area contributed by atoms with Gasteiger partial charge in [-0.1, -0.05) is 13.3 Å². The fourth-order valence-electron chi connectivity index (χ4n) is 1.46. The molecule has 18 heavy (non-hydrogen) atoms. The molecule has 0 radical (unpaired) electrons. The Kier molecular flexibility index (Phi) is 4.69. The molecule has 100 valence electrons. The van der Waals surface area contributed by atoms with Crippen molar-refractivity contribution in [2.75, 3.05) is 0 Å². The van der Waals surface area contributed by atoms with E-state index in [9.17, 15) is 22.4 Å². The van der Waals surface area contributed by atoms with E-state index in [4.69, 9.17) is 0 Å². The normalized spacial score (nSPS) is 10.6. The highest BCUT2D eigenvalue weighted by atomic mass is 19.2. The average molecular weight is 264 g/mol. The van der Waals surface area contributed by atoms with E-state index in [1.807, 2.05) is 0 Å². The number of benzene rings is 1. The van der Waals surface area contributed by atoms with E-state index >= 15 is 0 Å². The van der Waals surface area contributed by atoms with Gasteiger partial charge in [0.25, 0.3) is 0 Å². The second-order valence-electron chi connectivity index (χ2n) is 3.76. The highest BCUT2D eigenvalue weighted by Crippen LogP contribution is 2.30. The SMILES string of the molecule is CCCCc1c(F)c(F)c(OC(C)=O)c(F)c1F. The number of hydrogen-bond donors (Lipinski definition) is 0. The molecule has 1 aromatic rings. The third-order valence-corrected chi connectivity index (χ3v) is 2.34. The summed E-state index contributed by atoms with van der Waals surface area (Å²) >= 11 is 0. The molecular weight excluding hydrogens is 252 g/mol. The smallest absolute Gasteiger partial charge is 0.308 e. The molecule has 0 atom stereocenters. The van der Waals surface area contributed by atoms with Gasteiger partial charge in [-0.3, -0.25) is 4.79 Å². The molecule has 0 N–H and O–H groups in total. The van der Waals surface area contributed by atoms with Gasteiger partial charge >= 0.3 is 5.97 Å². The molecule has 6 heteroatoms. The number of carbonyl (C=O) groups excluding carboxylic acids is 1. The summed E-state index contributed by atoms with van der Waals surface area (Å²) in [4.78, 5) is 10.6. The van der Waals surface area contributed by atoms with Crippen LogP contribution in [-0.2, 0) is 11.2 Å². The van der Waals surface area contributed by atoms with Crippen molar-refractivity contribution in [3.8, 4) is 5.75 Å². The molecular formula is C12H12F4O2. The molecule has 2 nitrogen and oxygen atoms in total. The Bertz CT molecular complexity index is 443. The Hall–Kier alpha value is -1.59. The number of unbranched alkanes of at least 4 members (excludes halogenated alkanes) is 1. The highest BCUT2D eigenvalue weighted by molar-refractivity contribution is 5.69. The monoisotopic (exact) mass is 264 g/mol. The van der Waals surface area contributed by atoms with Crippen molar-refractivity contribution < 1.29 is 27.1 Å². The number of ether oxygens (including phenoxy) is 1. The van der Waals surface area contributed by atoms with Gasteiger partial charge in [0.15, 0.2) is 11.6 Å². The molecule has 0 aliphatic rings. The van der Waals surface area contributed by atoms with E-state index in [1.54, 1.807) is 6.92 Å². The highest BCUT2D eigenvalue weighted by Gasteiger charge is 2.27. The molecule has 0 amide bonds. The lowest BCUT2D eigenvalue weighted by atomic mass is 10.1. The first-order valence-electron chi connectivity index (χ1n) is 5.43. The minimum Gasteiger partial charge on any atom is -0.420 e. The first kappa shape index (κ1) is 14.5. The Morgan fingerprint density at radius 2 is 1.56 bits per heavy atom. The van der Waals surface area contributed by atoms with Crippen LogP contribution in [0.25, 0.3) is 0 Å². The Morgan fingerprint density at radius 3 is 1.94 bits per heavy atom. The van der Waals surface area contributed by atoms with Gasteiger partial charge in [0.1, 0.15) is 0 Å². The van der Waals surface area contributed by atoms with Crippen LogP contribution in [-0.4, -0.2) is 5.97 Å². The van der Waals surface area contributed by atoms with Crippen molar-refractivity contribution in [3.63, 3.8) is 0 Å². The van der Waals surface area contributed by atoms with Crippen molar-refractivity contribution >= 4 is 5.97 Å². The van der Waals surface area contributed by atoms with Crippen LogP contribution in [0.3, 0.4) is 0 Å². The van der Waals surface area contributed by atoms with Crippen LogP contribution in [0.5, 0.6) is 5.75 Å². The summed E-state index contributed by atoms with van der Waals surface area (Å²) in [5.74, 6) is -8.80. The van der Waals surface area contributed by atoms with Crippen molar-refractivity contribution in [2.24, 2.45) is 0 Å². The first-order chi connectivity index (χ1) is 8.40. The van der Waals surface area contributed by atoms with Gasteiger partial charge in [0.05, 0.1) is 0 Å². The molecule has 0 bridgehead atoms. The zero-order valence-corrected chi connectivity index (χ0v) is 9.95. The van der Waals surface area contributed by atoms with E-state index in [2.05, 4.69) is 4.74 Å². The van der Waals surface area contributed by atoms with Crippen LogP contribution >= 0.6 is 0 Å². The Labute approximate surface area is 102 Å². The zero-order valence-electron chi connectivity index (χ0n) is 9.95. The second-order valence-corrected chi connectivity index (χ2v) is 3.76. The minimum atomic E-state index is -1.68. The van der Waals surface area contributed by atoms with E-state index in [1.165, 1.54) is 0 Å². The molecule has 0 fully saturated rings. The standard InChI is InChI=1S/C12H12F4O2/c1-3-4-5-7-8(13)10(15)12(18-6(2)17)11(16)9(7)14/h3-5H2,1-2H3. The van der Waals surface area contributed by atoms with Gasteiger partial charge in [-0.2, -0.15) is 8.78 Å².